The van der Waals surface area contributed by atoms with Crippen molar-refractivity contribution in [3.63, 3.8) is 0 Å². The van der Waals surface area contributed by atoms with Crippen molar-refractivity contribution in [3.8, 4) is 6.07 Å². The lowest BCUT2D eigenvalue weighted by Crippen LogP contribution is -2.44. The van der Waals surface area contributed by atoms with E-state index in [2.05, 4.69) is 14.9 Å². The van der Waals surface area contributed by atoms with E-state index in [0.717, 1.165) is 13.1 Å². The first kappa shape index (κ1) is 11.2. The smallest absolute Gasteiger partial charge is 0.227 e. The summed E-state index contributed by atoms with van der Waals surface area (Å²) in [5.41, 5.74) is 6.04. The molecule has 2 heterocycles. The molecular formula is C12H15N5O. The molecule has 0 amide bonds. The molecular weight excluding hydrogens is 230 g/mol. The van der Waals surface area contributed by atoms with E-state index in [1.807, 2.05) is 6.07 Å². The standard InChI is InChI=1S/C12H15N5O/c13-5-9-6-15-12(16-11(9)14)17-3-4-18-10(7-17)8-1-2-8/h6,8,10H,1-4,7H2,(H2,14,15,16)/t10-/m1/s1. The van der Waals surface area contributed by atoms with Gasteiger partial charge in [0.25, 0.3) is 0 Å². The Hall–Kier alpha value is -1.87. The molecule has 18 heavy (non-hydrogen) atoms. The largest absolute Gasteiger partial charge is 0.382 e. The highest BCUT2D eigenvalue weighted by atomic mass is 16.5. The lowest BCUT2D eigenvalue weighted by atomic mass is 10.2. The third-order valence-electron chi connectivity index (χ3n) is 3.45. The number of nitrogen functional groups attached to an aromatic ring is 1. The molecule has 0 spiro atoms. The summed E-state index contributed by atoms with van der Waals surface area (Å²) in [7, 11) is 0. The molecule has 1 aromatic rings. The second-order valence-corrected chi connectivity index (χ2v) is 4.77. The Labute approximate surface area is 105 Å². The van der Waals surface area contributed by atoms with Gasteiger partial charge in [-0.25, -0.2) is 4.98 Å². The number of nitrogens with zero attached hydrogens (tertiary/aromatic N) is 4. The highest BCUT2D eigenvalue weighted by Crippen LogP contribution is 2.36. The van der Waals surface area contributed by atoms with Crippen molar-refractivity contribution in [1.82, 2.24) is 9.97 Å². The maximum absolute atomic E-state index is 8.80. The van der Waals surface area contributed by atoms with Crippen molar-refractivity contribution in [2.75, 3.05) is 30.3 Å². The number of rotatable bonds is 2. The van der Waals surface area contributed by atoms with Crippen molar-refractivity contribution in [1.29, 1.82) is 5.26 Å². The summed E-state index contributed by atoms with van der Waals surface area (Å²) in [5.74, 6) is 1.54. The van der Waals surface area contributed by atoms with Crippen LogP contribution in [-0.4, -0.2) is 35.8 Å². The van der Waals surface area contributed by atoms with E-state index in [0.29, 0.717) is 30.1 Å². The maximum atomic E-state index is 8.80. The van der Waals surface area contributed by atoms with Crippen LogP contribution in [0.2, 0.25) is 0 Å². The molecule has 1 aliphatic carbocycles. The first-order chi connectivity index (χ1) is 8.78. The summed E-state index contributed by atoms with van der Waals surface area (Å²) in [5, 5.41) is 8.80. The van der Waals surface area contributed by atoms with Crippen molar-refractivity contribution < 1.29 is 4.74 Å². The Morgan fingerprint density at radius 1 is 1.50 bits per heavy atom. The minimum atomic E-state index is 0.247. The first-order valence-electron chi connectivity index (χ1n) is 6.17. The van der Waals surface area contributed by atoms with E-state index in [-0.39, 0.29) is 5.82 Å². The van der Waals surface area contributed by atoms with E-state index in [1.54, 1.807) is 0 Å². The molecule has 94 valence electrons. The van der Waals surface area contributed by atoms with Gasteiger partial charge in [0.1, 0.15) is 17.5 Å². The van der Waals surface area contributed by atoms with Crippen LogP contribution in [0, 0.1) is 17.2 Å². The number of aromatic nitrogens is 2. The van der Waals surface area contributed by atoms with Gasteiger partial charge in [0, 0.05) is 13.1 Å². The molecule has 0 radical (unpaired) electrons. The van der Waals surface area contributed by atoms with Gasteiger partial charge in [-0.1, -0.05) is 0 Å². The summed E-state index contributed by atoms with van der Waals surface area (Å²) in [6.45, 7) is 2.29. The van der Waals surface area contributed by atoms with Crippen LogP contribution in [0.4, 0.5) is 11.8 Å². The van der Waals surface area contributed by atoms with Gasteiger partial charge in [-0.2, -0.15) is 10.2 Å². The van der Waals surface area contributed by atoms with Crippen LogP contribution in [-0.2, 0) is 4.74 Å². The Kier molecular flexibility index (Phi) is 2.76. The van der Waals surface area contributed by atoms with Crippen LogP contribution in [0.25, 0.3) is 0 Å². The van der Waals surface area contributed by atoms with Crippen molar-refractivity contribution >= 4 is 11.8 Å². The summed E-state index contributed by atoms with van der Waals surface area (Å²) in [6, 6.07) is 1.97. The number of ether oxygens (including phenoxy) is 1. The molecule has 6 nitrogen and oxygen atoms in total. The van der Waals surface area contributed by atoms with Crippen LogP contribution in [0.3, 0.4) is 0 Å². The van der Waals surface area contributed by atoms with E-state index < -0.39 is 0 Å². The molecule has 3 rings (SSSR count). The topological polar surface area (TPSA) is 88.1 Å². The fourth-order valence-corrected chi connectivity index (χ4v) is 2.23. The predicted molar refractivity (Wildman–Crippen MR) is 65.8 cm³/mol. The molecule has 2 aliphatic rings. The molecule has 0 bridgehead atoms. The predicted octanol–water partition coefficient (Wildman–Crippen LogP) is 0.546. The molecule has 0 aromatic carbocycles. The second kappa shape index (κ2) is 4.42. The minimum absolute atomic E-state index is 0.247. The molecule has 1 aromatic heterocycles. The third-order valence-corrected chi connectivity index (χ3v) is 3.45. The van der Waals surface area contributed by atoms with E-state index in [1.165, 1.54) is 19.0 Å². The van der Waals surface area contributed by atoms with Gasteiger partial charge >= 0.3 is 0 Å². The van der Waals surface area contributed by atoms with Gasteiger partial charge in [0.15, 0.2) is 0 Å². The van der Waals surface area contributed by atoms with Crippen LogP contribution in [0.5, 0.6) is 0 Å². The number of nitrogens with two attached hydrogens (primary N) is 1. The van der Waals surface area contributed by atoms with E-state index in [9.17, 15) is 0 Å². The number of morpholine rings is 1. The third kappa shape index (κ3) is 2.09. The average molecular weight is 245 g/mol. The number of nitriles is 1. The number of anilines is 2. The summed E-state index contributed by atoms with van der Waals surface area (Å²) in [4.78, 5) is 10.5. The molecule has 2 N–H and O–H groups in total. The normalized spacial score (nSPS) is 23.7. The lowest BCUT2D eigenvalue weighted by molar-refractivity contribution is 0.0258. The second-order valence-electron chi connectivity index (χ2n) is 4.77. The van der Waals surface area contributed by atoms with Crippen molar-refractivity contribution in [3.05, 3.63) is 11.8 Å². The quantitative estimate of drug-likeness (QED) is 0.818. The van der Waals surface area contributed by atoms with Gasteiger partial charge in [0.2, 0.25) is 5.95 Å². The van der Waals surface area contributed by atoms with Gasteiger partial charge in [-0.3, -0.25) is 0 Å². The fraction of sp³-hybridized carbons (Fsp3) is 0.583. The summed E-state index contributed by atoms with van der Waals surface area (Å²) >= 11 is 0. The molecule has 1 aliphatic heterocycles. The summed E-state index contributed by atoms with van der Waals surface area (Å²) < 4.78 is 5.75. The number of hydrogen-bond donors (Lipinski definition) is 1. The van der Waals surface area contributed by atoms with Crippen LogP contribution in [0.15, 0.2) is 6.20 Å². The Balaban J connectivity index is 1.77. The molecule has 0 unspecified atom stereocenters. The Morgan fingerprint density at radius 2 is 2.33 bits per heavy atom. The van der Waals surface area contributed by atoms with Crippen molar-refractivity contribution in [2.45, 2.75) is 18.9 Å². The van der Waals surface area contributed by atoms with Crippen LogP contribution in [0.1, 0.15) is 18.4 Å². The maximum Gasteiger partial charge on any atom is 0.227 e. The average Bonchev–Trinajstić information content (AvgIpc) is 3.23. The fourth-order valence-electron chi connectivity index (χ4n) is 2.23. The van der Waals surface area contributed by atoms with Crippen molar-refractivity contribution in [2.24, 2.45) is 5.92 Å². The number of hydrogen-bond acceptors (Lipinski definition) is 6. The van der Waals surface area contributed by atoms with Crippen LogP contribution >= 0.6 is 0 Å². The molecule has 1 saturated carbocycles. The molecule has 1 atom stereocenters. The van der Waals surface area contributed by atoms with Gasteiger partial charge in [-0.05, 0) is 18.8 Å². The SMILES string of the molecule is N#Cc1cnc(N2CCO[C@@H](C3CC3)C2)nc1N. The zero-order chi connectivity index (χ0) is 12.5. The highest BCUT2D eigenvalue weighted by Gasteiger charge is 2.35. The zero-order valence-electron chi connectivity index (χ0n) is 10.0. The zero-order valence-corrected chi connectivity index (χ0v) is 10.0. The summed E-state index contributed by atoms with van der Waals surface area (Å²) in [6.07, 6.45) is 4.29. The van der Waals surface area contributed by atoms with Crippen LogP contribution < -0.4 is 10.6 Å². The van der Waals surface area contributed by atoms with Gasteiger partial charge in [0.05, 0.1) is 18.9 Å². The van der Waals surface area contributed by atoms with E-state index >= 15 is 0 Å². The van der Waals surface area contributed by atoms with Gasteiger partial charge < -0.3 is 15.4 Å². The lowest BCUT2D eigenvalue weighted by Gasteiger charge is -2.33. The highest BCUT2D eigenvalue weighted by molar-refractivity contribution is 5.50. The minimum Gasteiger partial charge on any atom is -0.382 e. The first-order valence-corrected chi connectivity index (χ1v) is 6.17. The van der Waals surface area contributed by atoms with E-state index in [4.69, 9.17) is 15.7 Å². The molecule has 1 saturated heterocycles. The molecule has 2 fully saturated rings. The monoisotopic (exact) mass is 245 g/mol. The molecule has 6 heteroatoms. The van der Waals surface area contributed by atoms with Gasteiger partial charge in [-0.15, -0.1) is 0 Å². The Bertz CT molecular complexity index is 494. The Morgan fingerprint density at radius 3 is 3.00 bits per heavy atom.